The Morgan fingerprint density at radius 1 is 0.667 bits per heavy atom. The molecule has 6 heteroatoms. The van der Waals surface area contributed by atoms with E-state index in [0.717, 1.165) is 54.9 Å². The minimum atomic E-state index is 0.922. The summed E-state index contributed by atoms with van der Waals surface area (Å²) in [7, 11) is 0. The smallest absolute Gasteiger partial charge is 0.0658 e. The fourth-order valence-electron chi connectivity index (χ4n) is 3.68. The lowest BCUT2D eigenvalue weighted by Gasteiger charge is -1.92. The van der Waals surface area contributed by atoms with Crippen molar-refractivity contribution in [1.29, 1.82) is 0 Å². The van der Waals surface area contributed by atoms with E-state index in [2.05, 4.69) is 73.7 Å². The van der Waals surface area contributed by atoms with Crippen molar-refractivity contribution in [2.45, 2.75) is 0 Å². The Labute approximate surface area is 184 Å². The molecule has 0 saturated heterocycles. The molecule has 4 nitrogen and oxygen atoms in total. The lowest BCUT2D eigenvalue weighted by Crippen LogP contribution is -1.76. The van der Waals surface area contributed by atoms with Crippen LogP contribution in [-0.2, 0) is 0 Å². The van der Waals surface area contributed by atoms with E-state index < -0.39 is 0 Å². The number of halogens is 1. The van der Waals surface area contributed by atoms with Gasteiger partial charge in [0, 0.05) is 42.4 Å². The summed E-state index contributed by atoms with van der Waals surface area (Å²) >= 11 is 5.29. The third kappa shape index (κ3) is 3.34. The summed E-state index contributed by atoms with van der Waals surface area (Å²) in [5.41, 5.74) is 8.93. The second kappa shape index (κ2) is 6.93. The molecule has 8 bridgehead atoms. The van der Waals surface area contributed by atoms with Crippen LogP contribution in [0.4, 0.5) is 0 Å². The number of aromatic amines is 2. The maximum absolute atomic E-state index is 4.77. The SMILES string of the molecule is Brc1csc(-c2cc3cc4nc(cc5ccc(cc6nc(cc2[nH]3)C=C6)[nH]5)C=C4)c1. The van der Waals surface area contributed by atoms with Crippen LogP contribution in [-0.4, -0.2) is 19.9 Å². The van der Waals surface area contributed by atoms with Gasteiger partial charge < -0.3 is 9.97 Å². The zero-order valence-electron chi connectivity index (χ0n) is 15.7. The zero-order valence-corrected chi connectivity index (χ0v) is 18.1. The molecule has 0 aliphatic carbocycles. The maximum Gasteiger partial charge on any atom is 0.0658 e. The van der Waals surface area contributed by atoms with E-state index in [1.807, 2.05) is 30.4 Å². The predicted molar refractivity (Wildman–Crippen MR) is 130 cm³/mol. The van der Waals surface area contributed by atoms with Gasteiger partial charge in [-0.3, -0.25) is 0 Å². The van der Waals surface area contributed by atoms with Crippen LogP contribution in [0.5, 0.6) is 0 Å². The van der Waals surface area contributed by atoms with Crippen molar-refractivity contribution in [3.05, 3.63) is 81.2 Å². The summed E-state index contributed by atoms with van der Waals surface area (Å²) in [4.78, 5) is 17.7. The molecule has 0 saturated carbocycles. The molecular weight excluding hydrogens is 456 g/mol. The van der Waals surface area contributed by atoms with Gasteiger partial charge in [-0.05, 0) is 88.8 Å². The number of thiophene rings is 1. The van der Waals surface area contributed by atoms with Gasteiger partial charge in [-0.2, -0.15) is 0 Å². The molecule has 6 rings (SSSR count). The van der Waals surface area contributed by atoms with Crippen molar-refractivity contribution < 1.29 is 0 Å². The fourth-order valence-corrected chi connectivity index (χ4v) is 5.14. The third-order valence-corrected chi connectivity index (χ3v) is 6.73. The van der Waals surface area contributed by atoms with E-state index in [1.165, 1.54) is 4.88 Å². The molecule has 144 valence electrons. The van der Waals surface area contributed by atoms with Gasteiger partial charge in [-0.25, -0.2) is 9.97 Å². The Morgan fingerprint density at radius 3 is 1.87 bits per heavy atom. The minimum Gasteiger partial charge on any atom is -0.355 e. The van der Waals surface area contributed by atoms with E-state index in [0.29, 0.717) is 0 Å². The van der Waals surface area contributed by atoms with Crippen LogP contribution in [0.15, 0.2) is 58.4 Å². The Bertz CT molecular complexity index is 1520. The first-order valence-electron chi connectivity index (χ1n) is 9.51. The average molecular weight is 471 g/mol. The molecule has 6 heterocycles. The molecule has 0 amide bonds. The van der Waals surface area contributed by atoms with Gasteiger partial charge in [-0.15, -0.1) is 11.3 Å². The van der Waals surface area contributed by atoms with Gasteiger partial charge in [0.05, 0.1) is 22.8 Å². The topological polar surface area (TPSA) is 57.4 Å². The quantitative estimate of drug-likeness (QED) is 0.268. The highest BCUT2D eigenvalue weighted by Crippen LogP contribution is 2.34. The monoisotopic (exact) mass is 470 g/mol. The molecule has 0 unspecified atom stereocenters. The molecule has 0 fully saturated rings. The van der Waals surface area contributed by atoms with Gasteiger partial charge >= 0.3 is 0 Å². The van der Waals surface area contributed by atoms with E-state index in [4.69, 9.17) is 9.97 Å². The van der Waals surface area contributed by atoms with Crippen LogP contribution in [0.3, 0.4) is 0 Å². The summed E-state index contributed by atoms with van der Waals surface area (Å²) in [5.74, 6) is 0. The number of aromatic nitrogens is 4. The van der Waals surface area contributed by atoms with Crippen LogP contribution < -0.4 is 0 Å². The van der Waals surface area contributed by atoms with Crippen LogP contribution >= 0.6 is 27.3 Å². The first kappa shape index (κ1) is 17.6. The zero-order chi connectivity index (χ0) is 20.1. The molecule has 0 spiro atoms. The molecule has 0 aromatic carbocycles. The van der Waals surface area contributed by atoms with Crippen LogP contribution in [0.25, 0.3) is 56.8 Å². The standard InChI is InChI=1S/C24H15BrN4S/c25-14-7-24(30-13-14)22-11-21-10-19-4-3-17(27-19)8-15-1-2-16(26-15)9-18-5-6-20(28-18)12-23(22)29-21/h1-13,26,29H. The molecule has 30 heavy (non-hydrogen) atoms. The molecule has 2 N–H and O–H groups in total. The Kier molecular flexibility index (Phi) is 4.07. The Morgan fingerprint density at radius 2 is 1.27 bits per heavy atom. The summed E-state index contributed by atoms with van der Waals surface area (Å²) < 4.78 is 1.09. The Balaban J connectivity index is 1.68. The van der Waals surface area contributed by atoms with Crippen molar-refractivity contribution in [2.75, 3.05) is 0 Å². The van der Waals surface area contributed by atoms with E-state index in [9.17, 15) is 0 Å². The second-order valence-electron chi connectivity index (χ2n) is 7.22. The fraction of sp³-hybridized carbons (Fsp3) is 0. The highest BCUT2D eigenvalue weighted by Gasteiger charge is 2.09. The van der Waals surface area contributed by atoms with E-state index >= 15 is 0 Å². The third-order valence-electron chi connectivity index (χ3n) is 5.00. The normalized spacial score (nSPS) is 12.6. The average Bonchev–Trinajstić information content (AvgIpc) is 3.51. The minimum absolute atomic E-state index is 0.922. The molecule has 4 aromatic rings. The number of hydrogen-bond donors (Lipinski definition) is 2. The van der Waals surface area contributed by atoms with Crippen molar-refractivity contribution in [2.24, 2.45) is 0 Å². The number of nitrogens with one attached hydrogen (secondary N) is 2. The molecule has 0 radical (unpaired) electrons. The largest absolute Gasteiger partial charge is 0.355 e. The maximum atomic E-state index is 4.77. The molecular formula is C24H15BrN4S. The Hall–Kier alpha value is -3.22. The molecule has 0 atom stereocenters. The first-order valence-corrected chi connectivity index (χ1v) is 11.2. The van der Waals surface area contributed by atoms with Gasteiger partial charge in [0.2, 0.25) is 0 Å². The van der Waals surface area contributed by atoms with Crippen LogP contribution in [0, 0.1) is 0 Å². The summed E-state index contributed by atoms with van der Waals surface area (Å²) in [6.07, 6.45) is 8.15. The number of nitrogens with zero attached hydrogens (tertiary/aromatic N) is 2. The van der Waals surface area contributed by atoms with Gasteiger partial charge in [0.25, 0.3) is 0 Å². The predicted octanol–water partition coefficient (Wildman–Crippen LogP) is 7.15. The highest BCUT2D eigenvalue weighted by atomic mass is 79.9. The van der Waals surface area contributed by atoms with Gasteiger partial charge in [-0.1, -0.05) is 0 Å². The van der Waals surface area contributed by atoms with Crippen molar-refractivity contribution in [3.8, 4) is 10.4 Å². The van der Waals surface area contributed by atoms with Crippen LogP contribution in [0.2, 0.25) is 0 Å². The number of hydrogen-bond acceptors (Lipinski definition) is 3. The van der Waals surface area contributed by atoms with Gasteiger partial charge in [0.1, 0.15) is 0 Å². The highest BCUT2D eigenvalue weighted by molar-refractivity contribution is 9.10. The number of H-pyrrole nitrogens is 2. The molecule has 2 aliphatic heterocycles. The van der Waals surface area contributed by atoms with Gasteiger partial charge in [0.15, 0.2) is 0 Å². The number of fused-ring (bicyclic) bond motifs is 8. The van der Waals surface area contributed by atoms with E-state index in [1.54, 1.807) is 11.3 Å². The van der Waals surface area contributed by atoms with E-state index in [-0.39, 0.29) is 0 Å². The summed E-state index contributed by atoms with van der Waals surface area (Å²) in [5, 5.41) is 2.10. The number of rotatable bonds is 1. The van der Waals surface area contributed by atoms with Crippen LogP contribution in [0.1, 0.15) is 22.8 Å². The summed E-state index contributed by atoms with van der Waals surface area (Å²) in [6, 6.07) is 16.7. The second-order valence-corrected chi connectivity index (χ2v) is 9.04. The molecule has 2 aliphatic rings. The lowest BCUT2D eigenvalue weighted by molar-refractivity contribution is 1.31. The van der Waals surface area contributed by atoms with Crippen molar-refractivity contribution in [3.63, 3.8) is 0 Å². The molecule has 4 aromatic heterocycles. The lowest BCUT2D eigenvalue weighted by atomic mass is 10.2. The first-order chi connectivity index (χ1) is 14.7. The van der Waals surface area contributed by atoms with Crippen molar-refractivity contribution in [1.82, 2.24) is 19.9 Å². The summed E-state index contributed by atoms with van der Waals surface area (Å²) in [6.45, 7) is 0. The van der Waals surface area contributed by atoms with Crippen molar-refractivity contribution >= 4 is 73.6 Å².